The monoisotopic (exact) mass is 272 g/mol. The van der Waals surface area contributed by atoms with Gasteiger partial charge in [0.1, 0.15) is 0 Å². The zero-order valence-corrected chi connectivity index (χ0v) is 11.5. The molecular weight excluding hydrogens is 256 g/mol. The Bertz CT molecular complexity index is 568. The molecule has 0 fully saturated rings. The molecule has 1 aliphatic heterocycles. The number of halogens is 1. The van der Waals surface area contributed by atoms with Gasteiger partial charge in [0.2, 0.25) is 0 Å². The van der Waals surface area contributed by atoms with Crippen LogP contribution in [0.2, 0.25) is 5.02 Å². The Morgan fingerprint density at radius 3 is 2.21 bits per heavy atom. The SMILES string of the molecule is Nc1ccc(Cl)cc1N1CCc2ccccc2CC1. The minimum atomic E-state index is 0.742. The minimum Gasteiger partial charge on any atom is -0.397 e. The van der Waals surface area contributed by atoms with Crippen LogP contribution >= 0.6 is 11.6 Å². The zero-order chi connectivity index (χ0) is 13.2. The summed E-state index contributed by atoms with van der Waals surface area (Å²) in [4.78, 5) is 2.33. The third-order valence-corrected chi connectivity index (χ3v) is 3.99. The lowest BCUT2D eigenvalue weighted by Gasteiger charge is -2.24. The topological polar surface area (TPSA) is 29.3 Å². The molecule has 0 amide bonds. The minimum absolute atomic E-state index is 0.742. The second-order valence-electron chi connectivity index (χ2n) is 4.96. The van der Waals surface area contributed by atoms with Gasteiger partial charge in [0.05, 0.1) is 11.4 Å². The smallest absolute Gasteiger partial charge is 0.0615 e. The Hall–Kier alpha value is -1.67. The Balaban J connectivity index is 1.87. The van der Waals surface area contributed by atoms with E-state index < -0.39 is 0 Å². The summed E-state index contributed by atoms with van der Waals surface area (Å²) in [5.41, 5.74) is 10.8. The Morgan fingerprint density at radius 1 is 0.947 bits per heavy atom. The predicted molar refractivity (Wildman–Crippen MR) is 81.9 cm³/mol. The molecule has 0 aliphatic carbocycles. The van der Waals surface area contributed by atoms with Crippen LogP contribution < -0.4 is 10.6 Å². The van der Waals surface area contributed by atoms with Crippen molar-refractivity contribution in [2.45, 2.75) is 12.8 Å². The first-order valence-electron chi connectivity index (χ1n) is 6.61. The van der Waals surface area contributed by atoms with E-state index in [0.717, 1.165) is 42.3 Å². The van der Waals surface area contributed by atoms with Crippen LogP contribution in [-0.4, -0.2) is 13.1 Å². The van der Waals surface area contributed by atoms with Gasteiger partial charge in [0.15, 0.2) is 0 Å². The van der Waals surface area contributed by atoms with Gasteiger partial charge in [-0.1, -0.05) is 35.9 Å². The van der Waals surface area contributed by atoms with E-state index in [1.807, 2.05) is 18.2 Å². The van der Waals surface area contributed by atoms with Crippen LogP contribution in [0.1, 0.15) is 11.1 Å². The van der Waals surface area contributed by atoms with E-state index in [-0.39, 0.29) is 0 Å². The summed E-state index contributed by atoms with van der Waals surface area (Å²) < 4.78 is 0. The second-order valence-corrected chi connectivity index (χ2v) is 5.40. The number of nitrogen functional groups attached to an aromatic ring is 1. The number of nitrogens with zero attached hydrogens (tertiary/aromatic N) is 1. The van der Waals surface area contributed by atoms with Gasteiger partial charge in [-0.15, -0.1) is 0 Å². The predicted octanol–water partition coefficient (Wildman–Crippen LogP) is 3.53. The van der Waals surface area contributed by atoms with Crippen molar-refractivity contribution < 1.29 is 0 Å². The highest BCUT2D eigenvalue weighted by molar-refractivity contribution is 6.31. The summed E-state index contributed by atoms with van der Waals surface area (Å²) >= 11 is 6.08. The van der Waals surface area contributed by atoms with Crippen molar-refractivity contribution in [1.29, 1.82) is 0 Å². The lowest BCUT2D eigenvalue weighted by molar-refractivity contribution is 0.807. The molecule has 0 bridgehead atoms. The summed E-state index contributed by atoms with van der Waals surface area (Å²) in [6.07, 6.45) is 2.12. The first-order valence-corrected chi connectivity index (χ1v) is 6.98. The molecule has 2 N–H and O–H groups in total. The van der Waals surface area contributed by atoms with Crippen molar-refractivity contribution in [1.82, 2.24) is 0 Å². The molecule has 1 heterocycles. The molecule has 0 spiro atoms. The van der Waals surface area contributed by atoms with E-state index in [4.69, 9.17) is 17.3 Å². The molecular formula is C16H17ClN2. The van der Waals surface area contributed by atoms with Gasteiger partial charge in [-0.05, 0) is 42.2 Å². The van der Waals surface area contributed by atoms with Crippen LogP contribution in [0.5, 0.6) is 0 Å². The number of anilines is 2. The second kappa shape index (κ2) is 5.14. The molecule has 1 aliphatic rings. The highest BCUT2D eigenvalue weighted by atomic mass is 35.5. The summed E-state index contributed by atoms with van der Waals surface area (Å²) in [6.45, 7) is 1.98. The fourth-order valence-electron chi connectivity index (χ4n) is 2.70. The van der Waals surface area contributed by atoms with E-state index in [1.165, 1.54) is 11.1 Å². The van der Waals surface area contributed by atoms with Gasteiger partial charge in [-0.2, -0.15) is 0 Å². The average Bonchev–Trinajstić information content (AvgIpc) is 2.64. The largest absolute Gasteiger partial charge is 0.397 e. The summed E-state index contributed by atoms with van der Waals surface area (Å²) in [7, 11) is 0. The van der Waals surface area contributed by atoms with Crippen LogP contribution in [0.25, 0.3) is 0 Å². The first kappa shape index (κ1) is 12.4. The molecule has 0 saturated carbocycles. The Labute approximate surface area is 118 Å². The van der Waals surface area contributed by atoms with Crippen LogP contribution in [-0.2, 0) is 12.8 Å². The number of benzene rings is 2. The zero-order valence-electron chi connectivity index (χ0n) is 10.8. The van der Waals surface area contributed by atoms with Crippen LogP contribution in [0.15, 0.2) is 42.5 Å². The molecule has 2 nitrogen and oxygen atoms in total. The number of hydrogen-bond acceptors (Lipinski definition) is 2. The van der Waals surface area contributed by atoms with Crippen LogP contribution in [0.4, 0.5) is 11.4 Å². The van der Waals surface area contributed by atoms with Crippen molar-refractivity contribution in [3.63, 3.8) is 0 Å². The third kappa shape index (κ3) is 2.54. The maximum absolute atomic E-state index is 6.08. The summed E-state index contributed by atoms with van der Waals surface area (Å²) in [6, 6.07) is 14.4. The van der Waals surface area contributed by atoms with Gasteiger partial charge in [0.25, 0.3) is 0 Å². The molecule has 0 atom stereocenters. The third-order valence-electron chi connectivity index (χ3n) is 3.75. The van der Waals surface area contributed by atoms with Gasteiger partial charge in [-0.25, -0.2) is 0 Å². The van der Waals surface area contributed by atoms with E-state index >= 15 is 0 Å². The van der Waals surface area contributed by atoms with Gasteiger partial charge < -0.3 is 10.6 Å². The highest BCUT2D eigenvalue weighted by Crippen LogP contribution is 2.29. The van der Waals surface area contributed by atoms with Crippen molar-refractivity contribution in [2.24, 2.45) is 0 Å². The molecule has 19 heavy (non-hydrogen) atoms. The van der Waals surface area contributed by atoms with Gasteiger partial charge >= 0.3 is 0 Å². The lowest BCUT2D eigenvalue weighted by Crippen LogP contribution is -2.26. The lowest BCUT2D eigenvalue weighted by atomic mass is 10.0. The standard InChI is InChI=1S/C16H17ClN2/c17-14-5-6-15(18)16(11-14)19-9-7-12-3-1-2-4-13(12)8-10-19/h1-6,11H,7-10,18H2. The summed E-state index contributed by atoms with van der Waals surface area (Å²) in [5, 5.41) is 0.742. The molecule has 3 heteroatoms. The number of nitrogens with two attached hydrogens (primary N) is 1. The molecule has 0 aromatic heterocycles. The maximum atomic E-state index is 6.08. The van der Waals surface area contributed by atoms with E-state index in [9.17, 15) is 0 Å². The Morgan fingerprint density at radius 2 is 1.58 bits per heavy atom. The molecule has 0 radical (unpaired) electrons. The van der Waals surface area contributed by atoms with Crippen molar-refractivity contribution in [2.75, 3.05) is 23.7 Å². The fraction of sp³-hybridized carbons (Fsp3) is 0.250. The highest BCUT2D eigenvalue weighted by Gasteiger charge is 2.15. The molecule has 0 saturated heterocycles. The van der Waals surface area contributed by atoms with Crippen molar-refractivity contribution in [3.8, 4) is 0 Å². The fourth-order valence-corrected chi connectivity index (χ4v) is 2.87. The maximum Gasteiger partial charge on any atom is 0.0615 e. The van der Waals surface area contributed by atoms with E-state index in [2.05, 4.69) is 29.2 Å². The molecule has 2 aromatic carbocycles. The van der Waals surface area contributed by atoms with Crippen LogP contribution in [0.3, 0.4) is 0 Å². The number of hydrogen-bond donors (Lipinski definition) is 1. The number of rotatable bonds is 1. The molecule has 3 rings (SSSR count). The van der Waals surface area contributed by atoms with Crippen molar-refractivity contribution >= 4 is 23.0 Å². The normalized spacial score (nSPS) is 14.9. The first-order chi connectivity index (χ1) is 9.24. The quantitative estimate of drug-likeness (QED) is 0.805. The average molecular weight is 273 g/mol. The van der Waals surface area contributed by atoms with Crippen molar-refractivity contribution in [3.05, 3.63) is 58.6 Å². The summed E-state index contributed by atoms with van der Waals surface area (Å²) in [5.74, 6) is 0. The van der Waals surface area contributed by atoms with Gasteiger partial charge in [-0.3, -0.25) is 0 Å². The van der Waals surface area contributed by atoms with E-state index in [0.29, 0.717) is 0 Å². The Kier molecular flexibility index (Phi) is 3.34. The number of fused-ring (bicyclic) bond motifs is 1. The van der Waals surface area contributed by atoms with Crippen LogP contribution in [0, 0.1) is 0 Å². The van der Waals surface area contributed by atoms with E-state index in [1.54, 1.807) is 0 Å². The molecule has 98 valence electrons. The van der Waals surface area contributed by atoms with Gasteiger partial charge in [0, 0.05) is 18.1 Å². The molecule has 0 unspecified atom stereocenters. The molecule has 2 aromatic rings.